The number of hydrogen-bond donors (Lipinski definition) is 1. The normalized spacial score (nSPS) is 31.9. The van der Waals surface area contributed by atoms with Crippen molar-refractivity contribution in [2.45, 2.75) is 63.3 Å². The number of likely N-dealkylation sites (tertiary alicyclic amines) is 1. The van der Waals surface area contributed by atoms with E-state index in [1.807, 2.05) is 12.1 Å². The van der Waals surface area contributed by atoms with Gasteiger partial charge in [-0.2, -0.15) is 0 Å². The van der Waals surface area contributed by atoms with Gasteiger partial charge in [0.15, 0.2) is 0 Å². The third-order valence-electron chi connectivity index (χ3n) is 6.10. The van der Waals surface area contributed by atoms with E-state index < -0.39 is 0 Å². The smallest absolute Gasteiger partial charge is 0.115 e. The molecule has 2 nitrogen and oxygen atoms in total. The number of alkyl halides is 1. The Morgan fingerprint density at radius 3 is 2.82 bits per heavy atom. The number of hydrogen-bond acceptors (Lipinski definition) is 2. The second-order valence-corrected chi connectivity index (χ2v) is 9.10. The van der Waals surface area contributed by atoms with E-state index in [-0.39, 0.29) is 10.3 Å². The Balaban J connectivity index is 1.88. The fraction of sp³-hybridized carbons (Fsp3) is 0.684. The van der Waals surface area contributed by atoms with Crippen molar-refractivity contribution < 1.29 is 5.11 Å². The number of phenols is 1. The predicted octanol–water partition coefficient (Wildman–Crippen LogP) is 4.32. The quantitative estimate of drug-likeness (QED) is 0.838. The maximum atomic E-state index is 9.89. The molecule has 0 spiro atoms. The molecule has 3 atom stereocenters. The largest absolute Gasteiger partial charge is 0.508 e. The SMILES string of the molecule is C[C@@H]1[C@H]2Cc3ccc(O)cc3[C@@]1(C)CCN2CCC(C)(C)Cl. The molecule has 2 bridgehead atoms. The highest BCUT2D eigenvalue weighted by Gasteiger charge is 2.48. The van der Waals surface area contributed by atoms with Gasteiger partial charge in [-0.1, -0.05) is 19.9 Å². The Morgan fingerprint density at radius 2 is 2.14 bits per heavy atom. The minimum absolute atomic E-state index is 0.123. The van der Waals surface area contributed by atoms with Gasteiger partial charge in [-0.3, -0.25) is 4.90 Å². The summed E-state index contributed by atoms with van der Waals surface area (Å²) in [5.41, 5.74) is 2.97. The summed E-state index contributed by atoms with van der Waals surface area (Å²) in [6, 6.07) is 6.55. The van der Waals surface area contributed by atoms with Gasteiger partial charge in [0.2, 0.25) is 0 Å². The molecule has 2 aliphatic rings. The molecule has 122 valence electrons. The molecule has 0 aromatic heterocycles. The first kappa shape index (κ1) is 16.1. The van der Waals surface area contributed by atoms with E-state index in [9.17, 15) is 5.11 Å². The van der Waals surface area contributed by atoms with Gasteiger partial charge < -0.3 is 5.11 Å². The minimum Gasteiger partial charge on any atom is -0.508 e. The van der Waals surface area contributed by atoms with Crippen molar-refractivity contribution in [3.63, 3.8) is 0 Å². The van der Waals surface area contributed by atoms with Crippen molar-refractivity contribution in [1.82, 2.24) is 4.90 Å². The van der Waals surface area contributed by atoms with E-state index >= 15 is 0 Å². The third kappa shape index (κ3) is 2.76. The molecule has 1 fully saturated rings. The van der Waals surface area contributed by atoms with Crippen LogP contribution in [0.15, 0.2) is 18.2 Å². The fourth-order valence-corrected chi connectivity index (χ4v) is 4.47. The number of halogens is 1. The summed E-state index contributed by atoms with van der Waals surface area (Å²) >= 11 is 6.39. The van der Waals surface area contributed by atoms with Crippen molar-refractivity contribution in [3.05, 3.63) is 29.3 Å². The molecule has 0 unspecified atom stereocenters. The summed E-state index contributed by atoms with van der Waals surface area (Å²) in [5.74, 6) is 1.01. The summed E-state index contributed by atoms with van der Waals surface area (Å²) in [5, 5.41) is 9.89. The number of phenolic OH excluding ortho intramolecular Hbond substituents is 1. The monoisotopic (exact) mass is 321 g/mol. The first-order valence-corrected chi connectivity index (χ1v) is 8.84. The number of nitrogens with zero attached hydrogens (tertiary/aromatic N) is 1. The molecular formula is C19H28ClNO. The van der Waals surface area contributed by atoms with Gasteiger partial charge in [-0.25, -0.2) is 0 Å². The van der Waals surface area contributed by atoms with Gasteiger partial charge in [0.05, 0.1) is 0 Å². The predicted molar refractivity (Wildman–Crippen MR) is 92.9 cm³/mol. The van der Waals surface area contributed by atoms with Crippen molar-refractivity contribution in [1.29, 1.82) is 0 Å². The molecule has 3 heteroatoms. The van der Waals surface area contributed by atoms with Crippen LogP contribution in [0.25, 0.3) is 0 Å². The first-order valence-electron chi connectivity index (χ1n) is 8.46. The van der Waals surface area contributed by atoms with Crippen molar-refractivity contribution in [2.75, 3.05) is 13.1 Å². The molecule has 1 aromatic carbocycles. The molecule has 1 N–H and O–H groups in total. The number of benzene rings is 1. The standard InChI is InChI=1S/C19H28ClNO/c1-13-17-11-14-5-6-15(22)12-16(14)19(13,4)8-10-21(17)9-7-18(2,3)20/h5-6,12-13,17,22H,7-11H2,1-4H3/t13-,17-,19+/m1/s1. The second-order valence-electron chi connectivity index (χ2n) is 8.07. The highest BCUT2D eigenvalue weighted by molar-refractivity contribution is 6.23. The van der Waals surface area contributed by atoms with Crippen LogP contribution in [0.5, 0.6) is 5.75 Å². The molecule has 1 aliphatic carbocycles. The Kier molecular flexibility index (Phi) is 3.98. The van der Waals surface area contributed by atoms with Crippen molar-refractivity contribution in [2.24, 2.45) is 5.92 Å². The molecule has 0 radical (unpaired) electrons. The summed E-state index contributed by atoms with van der Waals surface area (Å²) in [6.07, 6.45) is 3.27. The number of rotatable bonds is 3. The minimum atomic E-state index is -0.123. The van der Waals surface area contributed by atoms with Crippen LogP contribution in [-0.4, -0.2) is 34.0 Å². The van der Waals surface area contributed by atoms with Gasteiger partial charge in [0, 0.05) is 17.5 Å². The highest BCUT2D eigenvalue weighted by Crippen LogP contribution is 2.49. The lowest BCUT2D eigenvalue weighted by Gasteiger charge is -2.55. The third-order valence-corrected chi connectivity index (χ3v) is 6.29. The van der Waals surface area contributed by atoms with E-state index in [0.29, 0.717) is 17.7 Å². The van der Waals surface area contributed by atoms with Crippen LogP contribution in [0.3, 0.4) is 0 Å². The van der Waals surface area contributed by atoms with Crippen LogP contribution >= 0.6 is 11.6 Å². The molecule has 1 saturated heterocycles. The van der Waals surface area contributed by atoms with Gasteiger partial charge in [0.1, 0.15) is 5.75 Å². The van der Waals surface area contributed by atoms with Crippen LogP contribution in [-0.2, 0) is 11.8 Å². The fourth-order valence-electron chi connectivity index (χ4n) is 4.38. The van der Waals surface area contributed by atoms with Crippen LogP contribution in [0.2, 0.25) is 0 Å². The van der Waals surface area contributed by atoms with Gasteiger partial charge in [-0.15, -0.1) is 11.6 Å². The van der Waals surface area contributed by atoms with Crippen LogP contribution in [0.1, 0.15) is 51.7 Å². The Bertz CT molecular complexity index is 565. The van der Waals surface area contributed by atoms with Gasteiger partial charge >= 0.3 is 0 Å². The molecule has 22 heavy (non-hydrogen) atoms. The van der Waals surface area contributed by atoms with Crippen LogP contribution in [0.4, 0.5) is 0 Å². The van der Waals surface area contributed by atoms with E-state index in [1.54, 1.807) is 0 Å². The van der Waals surface area contributed by atoms with Crippen molar-refractivity contribution in [3.8, 4) is 5.75 Å². The molecule has 1 aliphatic heterocycles. The maximum Gasteiger partial charge on any atom is 0.115 e. The van der Waals surface area contributed by atoms with E-state index in [0.717, 1.165) is 32.4 Å². The molecule has 0 amide bonds. The number of fused-ring (bicyclic) bond motifs is 4. The lowest BCUT2D eigenvalue weighted by molar-refractivity contribution is 0.0293. The lowest BCUT2D eigenvalue weighted by atomic mass is 9.59. The van der Waals surface area contributed by atoms with E-state index in [4.69, 9.17) is 11.6 Å². The molecule has 1 aromatic rings. The Hall–Kier alpha value is -0.730. The molecule has 0 saturated carbocycles. The average Bonchev–Trinajstić information content (AvgIpc) is 2.42. The Labute approximate surface area is 139 Å². The highest BCUT2D eigenvalue weighted by atomic mass is 35.5. The van der Waals surface area contributed by atoms with Crippen LogP contribution < -0.4 is 0 Å². The lowest BCUT2D eigenvalue weighted by Crippen LogP contribution is -2.58. The molecular weight excluding hydrogens is 294 g/mol. The zero-order valence-electron chi connectivity index (χ0n) is 14.2. The molecule has 3 rings (SSSR count). The average molecular weight is 322 g/mol. The van der Waals surface area contributed by atoms with E-state index in [1.165, 1.54) is 11.1 Å². The van der Waals surface area contributed by atoms with E-state index in [2.05, 4.69) is 38.7 Å². The topological polar surface area (TPSA) is 23.5 Å². The summed E-state index contributed by atoms with van der Waals surface area (Å²) in [7, 11) is 0. The second kappa shape index (κ2) is 5.42. The Morgan fingerprint density at radius 1 is 1.41 bits per heavy atom. The van der Waals surface area contributed by atoms with Crippen molar-refractivity contribution >= 4 is 11.6 Å². The van der Waals surface area contributed by atoms with Gasteiger partial charge in [0.25, 0.3) is 0 Å². The number of aromatic hydroxyl groups is 1. The van der Waals surface area contributed by atoms with Gasteiger partial charge in [-0.05, 0) is 74.2 Å². The zero-order chi connectivity index (χ0) is 16.1. The maximum absolute atomic E-state index is 9.89. The zero-order valence-corrected chi connectivity index (χ0v) is 15.0. The van der Waals surface area contributed by atoms with Crippen LogP contribution in [0, 0.1) is 5.92 Å². The first-order chi connectivity index (χ1) is 10.2. The molecule has 1 heterocycles. The number of piperidine rings is 1. The summed E-state index contributed by atoms with van der Waals surface area (Å²) in [6.45, 7) is 11.2. The summed E-state index contributed by atoms with van der Waals surface area (Å²) in [4.78, 5) is 2.52. The summed E-state index contributed by atoms with van der Waals surface area (Å²) < 4.78 is 0.